The number of likely N-dealkylation sites (N-methyl/N-ethyl adjacent to an activating group) is 1. The number of carbonyl (C=O) groups excluding carboxylic acids is 1. The highest BCUT2D eigenvalue weighted by molar-refractivity contribution is 5.91. The molecule has 2 heterocycles. The summed E-state index contributed by atoms with van der Waals surface area (Å²) in [5, 5.41) is 12.1. The number of H-pyrrole nitrogens is 1. The first-order valence-electron chi connectivity index (χ1n) is 12.4. The fourth-order valence-corrected chi connectivity index (χ4v) is 3.97. The second-order valence-corrected chi connectivity index (χ2v) is 8.95. The molecule has 16 heteroatoms. The van der Waals surface area contributed by atoms with Gasteiger partial charge in [-0.15, -0.1) is 0 Å². The number of methoxy groups -OCH3 is 2. The molecule has 0 aliphatic heterocycles. The zero-order valence-corrected chi connectivity index (χ0v) is 23.0. The third-order valence-electron chi connectivity index (χ3n) is 6.05. The summed E-state index contributed by atoms with van der Waals surface area (Å²) in [5.74, 6) is -2.69. The molecule has 13 nitrogen and oxygen atoms in total. The van der Waals surface area contributed by atoms with Crippen LogP contribution >= 0.6 is 0 Å². The van der Waals surface area contributed by atoms with Crippen molar-refractivity contribution in [2.45, 2.75) is 13.1 Å². The van der Waals surface area contributed by atoms with Crippen LogP contribution in [0.25, 0.3) is 21.8 Å². The number of halogens is 3. The van der Waals surface area contributed by atoms with Crippen molar-refractivity contribution in [2.75, 3.05) is 52.9 Å². The minimum Gasteiger partial charge on any atom is -0.493 e. The Hall–Kier alpha value is -4.70. The van der Waals surface area contributed by atoms with Gasteiger partial charge >= 0.3 is 12.1 Å². The van der Waals surface area contributed by atoms with Crippen molar-refractivity contribution in [1.29, 1.82) is 0 Å². The Morgan fingerprint density at radius 2 is 1.76 bits per heavy atom. The third kappa shape index (κ3) is 6.60. The summed E-state index contributed by atoms with van der Waals surface area (Å²) >= 11 is 0. The van der Waals surface area contributed by atoms with Crippen molar-refractivity contribution >= 4 is 39.7 Å². The van der Waals surface area contributed by atoms with E-state index in [1.54, 1.807) is 31.0 Å². The molecule has 0 atom stereocenters. The average molecular weight is 593 g/mol. The number of hydrogen-bond donors (Lipinski definition) is 3. The van der Waals surface area contributed by atoms with E-state index in [-0.39, 0.29) is 42.9 Å². The Balaban J connectivity index is 1.72. The molecule has 2 aromatic heterocycles. The number of esters is 1. The fourth-order valence-electron chi connectivity index (χ4n) is 3.97. The first-order chi connectivity index (χ1) is 19.9. The van der Waals surface area contributed by atoms with Crippen molar-refractivity contribution in [1.82, 2.24) is 24.8 Å². The summed E-state index contributed by atoms with van der Waals surface area (Å²) in [5.41, 5.74) is 0.0528. The minimum atomic E-state index is -5.33. The van der Waals surface area contributed by atoms with Crippen LogP contribution in [0, 0.1) is 6.92 Å². The number of aryl methyl sites for hydroxylation is 1. The number of benzene rings is 2. The van der Waals surface area contributed by atoms with Crippen molar-refractivity contribution in [2.24, 2.45) is 0 Å². The standard InChI is InChI=1S/C26H27F3N6O7/c1-13-14-11-18(39-3)19(40-4)12-16(14)32-24(30-13)34-25-31-15-5-6-17(41-10-8-35(2)7-9-36)21(20(15)22(37)33-25)42-23(38)26(27,28)29/h5-6,11-12,36H,7-10H2,1-4H3,(H2,30,31,32,33,34,37). The van der Waals surface area contributed by atoms with Crippen LogP contribution < -0.4 is 29.8 Å². The van der Waals surface area contributed by atoms with E-state index in [1.807, 2.05) is 0 Å². The summed E-state index contributed by atoms with van der Waals surface area (Å²) in [6, 6.07) is 5.93. The van der Waals surface area contributed by atoms with Gasteiger partial charge in [-0.3, -0.25) is 15.1 Å². The number of hydrogen-bond acceptors (Lipinski definition) is 12. The number of anilines is 2. The predicted octanol–water partition coefficient (Wildman–Crippen LogP) is 2.71. The highest BCUT2D eigenvalue weighted by Gasteiger charge is 2.42. The summed E-state index contributed by atoms with van der Waals surface area (Å²) in [6.07, 6.45) is -5.33. The van der Waals surface area contributed by atoms with Crippen LogP contribution in [0.15, 0.2) is 29.1 Å². The number of aromatic nitrogens is 4. The summed E-state index contributed by atoms with van der Waals surface area (Å²) < 4.78 is 60.0. The Bertz CT molecular complexity index is 1680. The number of aliphatic hydroxyl groups excluding tert-OH is 1. The van der Waals surface area contributed by atoms with Crippen LogP contribution in [0.2, 0.25) is 0 Å². The van der Waals surface area contributed by atoms with Gasteiger partial charge in [0.05, 0.1) is 37.6 Å². The quantitative estimate of drug-likeness (QED) is 0.173. The molecule has 0 amide bonds. The van der Waals surface area contributed by atoms with E-state index >= 15 is 0 Å². The van der Waals surface area contributed by atoms with Gasteiger partial charge < -0.3 is 29.0 Å². The molecule has 0 saturated heterocycles. The predicted molar refractivity (Wildman–Crippen MR) is 145 cm³/mol. The molecule has 2 aromatic carbocycles. The maximum absolute atomic E-state index is 13.1. The van der Waals surface area contributed by atoms with Crippen molar-refractivity contribution in [3.05, 3.63) is 40.3 Å². The van der Waals surface area contributed by atoms with Gasteiger partial charge in [0.25, 0.3) is 5.56 Å². The second-order valence-electron chi connectivity index (χ2n) is 8.95. The van der Waals surface area contributed by atoms with E-state index in [1.165, 1.54) is 26.4 Å². The van der Waals surface area contributed by atoms with E-state index in [9.17, 15) is 22.8 Å². The van der Waals surface area contributed by atoms with Crippen molar-refractivity contribution in [3.8, 4) is 23.0 Å². The first kappa shape index (κ1) is 30.3. The number of aliphatic hydroxyl groups is 1. The van der Waals surface area contributed by atoms with E-state index in [0.717, 1.165) is 0 Å². The molecule has 4 aromatic rings. The van der Waals surface area contributed by atoms with Crippen molar-refractivity contribution in [3.63, 3.8) is 0 Å². The summed E-state index contributed by atoms with van der Waals surface area (Å²) in [4.78, 5) is 42.0. The molecule has 0 aliphatic rings. The molecule has 0 spiro atoms. The molecule has 0 aliphatic carbocycles. The van der Waals surface area contributed by atoms with Gasteiger partial charge in [0.2, 0.25) is 11.9 Å². The Morgan fingerprint density at radius 1 is 1.05 bits per heavy atom. The Kier molecular flexibility index (Phi) is 8.96. The number of carbonyl (C=O) groups is 1. The molecule has 4 rings (SSSR count). The Morgan fingerprint density at radius 3 is 2.43 bits per heavy atom. The lowest BCUT2D eigenvalue weighted by atomic mass is 10.1. The number of alkyl halides is 3. The molecule has 42 heavy (non-hydrogen) atoms. The molecule has 0 unspecified atom stereocenters. The summed E-state index contributed by atoms with van der Waals surface area (Å²) in [6.45, 7) is 2.21. The average Bonchev–Trinajstić information content (AvgIpc) is 2.92. The highest BCUT2D eigenvalue weighted by atomic mass is 19.4. The SMILES string of the molecule is COc1cc2nc(Nc3nc4ccc(OCCN(C)CCO)c(OC(=O)C(F)(F)F)c4c(=O)[nH]3)nc(C)c2cc1OC. The molecule has 0 saturated carbocycles. The van der Waals surface area contributed by atoms with Gasteiger partial charge in [-0.1, -0.05) is 0 Å². The number of rotatable bonds is 11. The lowest BCUT2D eigenvalue weighted by Crippen LogP contribution is -2.29. The van der Waals surface area contributed by atoms with Gasteiger partial charge in [0.1, 0.15) is 12.0 Å². The smallest absolute Gasteiger partial charge is 0.491 e. The number of aromatic amines is 1. The Labute approximate surface area is 236 Å². The molecule has 3 N–H and O–H groups in total. The molecule has 0 radical (unpaired) electrons. The lowest BCUT2D eigenvalue weighted by molar-refractivity contribution is -0.189. The van der Waals surface area contributed by atoms with Crippen LogP contribution in [0.3, 0.4) is 0 Å². The third-order valence-corrected chi connectivity index (χ3v) is 6.05. The maximum atomic E-state index is 13.1. The number of nitrogens with one attached hydrogen (secondary N) is 2. The molecular formula is C26H27F3N6O7. The zero-order chi connectivity index (χ0) is 30.6. The second kappa shape index (κ2) is 12.4. The highest BCUT2D eigenvalue weighted by Crippen LogP contribution is 2.36. The van der Waals surface area contributed by atoms with Crippen LogP contribution in [0.5, 0.6) is 23.0 Å². The summed E-state index contributed by atoms with van der Waals surface area (Å²) in [7, 11) is 4.68. The molecule has 0 bridgehead atoms. The van der Waals surface area contributed by atoms with Crippen LogP contribution in [0.4, 0.5) is 25.1 Å². The first-order valence-corrected chi connectivity index (χ1v) is 12.4. The lowest BCUT2D eigenvalue weighted by Gasteiger charge is -2.18. The molecule has 224 valence electrons. The van der Waals surface area contributed by atoms with Gasteiger partial charge in [-0.2, -0.15) is 13.2 Å². The van der Waals surface area contributed by atoms with Gasteiger partial charge in [0.15, 0.2) is 23.0 Å². The number of ether oxygens (including phenoxy) is 4. The largest absolute Gasteiger partial charge is 0.493 e. The van der Waals surface area contributed by atoms with E-state index < -0.39 is 28.8 Å². The van der Waals surface area contributed by atoms with Gasteiger partial charge in [-0.05, 0) is 32.2 Å². The van der Waals surface area contributed by atoms with E-state index in [2.05, 4.69) is 30.0 Å². The van der Waals surface area contributed by atoms with Gasteiger partial charge in [-0.25, -0.2) is 19.7 Å². The van der Waals surface area contributed by atoms with Gasteiger partial charge in [0, 0.05) is 24.5 Å². The van der Waals surface area contributed by atoms with Crippen LogP contribution in [0.1, 0.15) is 5.69 Å². The fraction of sp³-hybridized carbons (Fsp3) is 0.346. The number of fused-ring (bicyclic) bond motifs is 2. The topological polar surface area (TPSA) is 161 Å². The number of nitrogens with zero attached hydrogens (tertiary/aromatic N) is 4. The monoisotopic (exact) mass is 592 g/mol. The van der Waals surface area contributed by atoms with E-state index in [0.29, 0.717) is 34.6 Å². The van der Waals surface area contributed by atoms with E-state index in [4.69, 9.17) is 19.3 Å². The van der Waals surface area contributed by atoms with Crippen LogP contribution in [-0.2, 0) is 4.79 Å². The zero-order valence-electron chi connectivity index (χ0n) is 23.0. The minimum absolute atomic E-state index is 0.0428. The van der Waals surface area contributed by atoms with Crippen molar-refractivity contribution < 1.29 is 42.0 Å². The van der Waals surface area contributed by atoms with Crippen LogP contribution in [-0.4, -0.2) is 89.7 Å². The molecule has 0 fully saturated rings. The maximum Gasteiger partial charge on any atom is 0.491 e. The molecular weight excluding hydrogens is 565 g/mol. The normalized spacial score (nSPS) is 11.6.